The predicted molar refractivity (Wildman–Crippen MR) is 131 cm³/mol. The van der Waals surface area contributed by atoms with E-state index >= 15 is 0 Å². The Bertz CT molecular complexity index is 1120. The SMILES string of the molecule is CCCC(=O)Oc1c(O)c(O)c(C(=O)CCC)c(C(=O)OCc2ccc(OC)cc2)c1C(=O)CCC. The molecule has 0 aromatic heterocycles. The van der Waals surface area contributed by atoms with Crippen molar-refractivity contribution >= 4 is 23.5 Å². The summed E-state index contributed by atoms with van der Waals surface area (Å²) in [4.78, 5) is 51.7. The first kappa shape index (κ1) is 28.4. The number of phenolic OH excluding ortho intramolecular Hbond substituents is 2. The highest BCUT2D eigenvalue weighted by Crippen LogP contribution is 2.46. The molecule has 9 heteroatoms. The Balaban J connectivity index is 2.69. The number of ketones is 2. The van der Waals surface area contributed by atoms with Crippen LogP contribution < -0.4 is 9.47 Å². The molecule has 2 N–H and O–H groups in total. The van der Waals surface area contributed by atoms with Crippen LogP contribution in [0.1, 0.15) is 95.9 Å². The Morgan fingerprint density at radius 3 is 1.83 bits per heavy atom. The average Bonchev–Trinajstić information content (AvgIpc) is 2.85. The van der Waals surface area contributed by atoms with Gasteiger partial charge in [-0.2, -0.15) is 0 Å². The Kier molecular flexibility index (Phi) is 10.5. The highest BCUT2D eigenvalue weighted by atomic mass is 16.5. The van der Waals surface area contributed by atoms with Crippen molar-refractivity contribution in [1.29, 1.82) is 0 Å². The van der Waals surface area contributed by atoms with Gasteiger partial charge in [0.1, 0.15) is 12.4 Å². The summed E-state index contributed by atoms with van der Waals surface area (Å²) in [5.41, 5.74) is -0.931. The van der Waals surface area contributed by atoms with Crippen LogP contribution in [0.2, 0.25) is 0 Å². The molecule has 2 aromatic rings. The lowest BCUT2D eigenvalue weighted by molar-refractivity contribution is -0.134. The van der Waals surface area contributed by atoms with Crippen LogP contribution in [0.5, 0.6) is 23.0 Å². The normalized spacial score (nSPS) is 10.6. The number of phenols is 2. The van der Waals surface area contributed by atoms with Gasteiger partial charge in [-0.3, -0.25) is 14.4 Å². The van der Waals surface area contributed by atoms with Crippen LogP contribution in [0.25, 0.3) is 0 Å². The molecule has 0 aliphatic rings. The van der Waals surface area contributed by atoms with E-state index < -0.39 is 57.4 Å². The fourth-order valence-electron chi connectivity index (χ4n) is 3.56. The number of esters is 2. The fourth-order valence-corrected chi connectivity index (χ4v) is 3.56. The number of carbonyl (C=O) groups excluding carboxylic acids is 4. The second kappa shape index (κ2) is 13.3. The summed E-state index contributed by atoms with van der Waals surface area (Å²) in [7, 11) is 1.51. The molecule has 0 unspecified atom stereocenters. The molecule has 0 spiro atoms. The molecule has 0 bridgehead atoms. The summed E-state index contributed by atoms with van der Waals surface area (Å²) in [5, 5.41) is 21.4. The van der Waals surface area contributed by atoms with E-state index in [2.05, 4.69) is 0 Å². The molecule has 2 aromatic carbocycles. The van der Waals surface area contributed by atoms with Crippen molar-refractivity contribution in [2.45, 2.75) is 65.9 Å². The summed E-state index contributed by atoms with van der Waals surface area (Å²) in [5.74, 6) is -5.12. The van der Waals surface area contributed by atoms with Crippen LogP contribution in [-0.2, 0) is 16.1 Å². The van der Waals surface area contributed by atoms with Gasteiger partial charge < -0.3 is 24.4 Å². The number of benzene rings is 2. The third-order valence-corrected chi connectivity index (χ3v) is 5.32. The first-order valence-electron chi connectivity index (χ1n) is 11.9. The van der Waals surface area contributed by atoms with E-state index in [1.54, 1.807) is 45.0 Å². The van der Waals surface area contributed by atoms with Crippen molar-refractivity contribution in [1.82, 2.24) is 0 Å². The number of hydrogen-bond acceptors (Lipinski definition) is 9. The van der Waals surface area contributed by atoms with Crippen molar-refractivity contribution in [2.24, 2.45) is 0 Å². The predicted octanol–water partition coefficient (Wildman–Crippen LogP) is 5.13. The van der Waals surface area contributed by atoms with E-state index in [4.69, 9.17) is 14.2 Å². The molecule has 0 saturated heterocycles. The van der Waals surface area contributed by atoms with Gasteiger partial charge in [0.05, 0.1) is 23.8 Å². The third-order valence-electron chi connectivity index (χ3n) is 5.32. The second-order valence-corrected chi connectivity index (χ2v) is 8.15. The van der Waals surface area contributed by atoms with Gasteiger partial charge >= 0.3 is 11.9 Å². The number of methoxy groups -OCH3 is 1. The lowest BCUT2D eigenvalue weighted by Gasteiger charge is -2.19. The van der Waals surface area contributed by atoms with Crippen LogP contribution in [0.4, 0.5) is 0 Å². The zero-order valence-electron chi connectivity index (χ0n) is 21.0. The number of Topliss-reactive ketones (excluding diaryl/α,β-unsaturated/α-hetero) is 2. The molecular formula is C27H32O9. The molecule has 0 aliphatic carbocycles. The summed E-state index contributed by atoms with van der Waals surface area (Å²) in [6.07, 6.45) is 1.01. The molecule has 0 saturated carbocycles. The van der Waals surface area contributed by atoms with Gasteiger partial charge in [-0.1, -0.05) is 32.9 Å². The van der Waals surface area contributed by atoms with Crippen LogP contribution in [0.15, 0.2) is 24.3 Å². The smallest absolute Gasteiger partial charge is 0.340 e. The number of carbonyl (C=O) groups is 4. The summed E-state index contributed by atoms with van der Waals surface area (Å²) < 4.78 is 15.8. The maximum absolute atomic E-state index is 13.3. The topological polar surface area (TPSA) is 136 Å². The van der Waals surface area contributed by atoms with Gasteiger partial charge in [-0.15, -0.1) is 0 Å². The largest absolute Gasteiger partial charge is 0.504 e. The van der Waals surface area contributed by atoms with Gasteiger partial charge in [0.15, 0.2) is 23.1 Å². The van der Waals surface area contributed by atoms with Crippen molar-refractivity contribution in [3.05, 3.63) is 46.5 Å². The first-order chi connectivity index (χ1) is 17.2. The van der Waals surface area contributed by atoms with Gasteiger partial charge in [-0.25, -0.2) is 4.79 Å². The lowest BCUT2D eigenvalue weighted by Crippen LogP contribution is -2.20. The number of rotatable bonds is 13. The number of ether oxygens (including phenoxy) is 3. The molecular weight excluding hydrogens is 468 g/mol. The highest BCUT2D eigenvalue weighted by Gasteiger charge is 2.36. The molecule has 2 rings (SSSR count). The maximum atomic E-state index is 13.3. The molecule has 0 radical (unpaired) electrons. The quantitative estimate of drug-likeness (QED) is 0.166. The van der Waals surface area contributed by atoms with Gasteiger partial charge in [-0.05, 0) is 37.0 Å². The van der Waals surface area contributed by atoms with Gasteiger partial charge in [0.2, 0.25) is 5.75 Å². The van der Waals surface area contributed by atoms with Crippen molar-refractivity contribution in [3.63, 3.8) is 0 Å². The minimum absolute atomic E-state index is 0.0324. The van der Waals surface area contributed by atoms with E-state index in [1.165, 1.54) is 7.11 Å². The van der Waals surface area contributed by atoms with Crippen molar-refractivity contribution in [3.8, 4) is 23.0 Å². The minimum atomic E-state index is -1.08. The summed E-state index contributed by atoms with van der Waals surface area (Å²) in [6.45, 7) is 4.97. The van der Waals surface area contributed by atoms with E-state index in [-0.39, 0.29) is 25.9 Å². The molecule has 0 amide bonds. The third kappa shape index (κ3) is 6.62. The number of aromatic hydroxyl groups is 2. The first-order valence-corrected chi connectivity index (χ1v) is 11.9. The Hall–Kier alpha value is -3.88. The monoisotopic (exact) mass is 500 g/mol. The molecule has 0 heterocycles. The zero-order chi connectivity index (χ0) is 26.8. The number of hydrogen-bond donors (Lipinski definition) is 2. The van der Waals surface area contributed by atoms with Crippen molar-refractivity contribution < 1.29 is 43.6 Å². The zero-order valence-corrected chi connectivity index (χ0v) is 21.0. The molecule has 0 fully saturated rings. The second-order valence-electron chi connectivity index (χ2n) is 8.15. The molecule has 9 nitrogen and oxygen atoms in total. The van der Waals surface area contributed by atoms with Gasteiger partial charge in [0.25, 0.3) is 0 Å². The molecule has 0 aliphatic heterocycles. The van der Waals surface area contributed by atoms with Crippen LogP contribution >= 0.6 is 0 Å². The lowest BCUT2D eigenvalue weighted by atomic mass is 9.90. The average molecular weight is 501 g/mol. The molecule has 194 valence electrons. The van der Waals surface area contributed by atoms with E-state index in [1.807, 2.05) is 0 Å². The van der Waals surface area contributed by atoms with Crippen LogP contribution in [0.3, 0.4) is 0 Å². The maximum Gasteiger partial charge on any atom is 0.340 e. The highest BCUT2D eigenvalue weighted by molar-refractivity contribution is 6.17. The fraction of sp³-hybridized carbons (Fsp3) is 0.407. The van der Waals surface area contributed by atoms with Crippen LogP contribution in [0, 0.1) is 0 Å². The van der Waals surface area contributed by atoms with Gasteiger partial charge in [0, 0.05) is 19.3 Å². The Morgan fingerprint density at radius 2 is 1.31 bits per heavy atom. The van der Waals surface area contributed by atoms with Crippen LogP contribution in [-0.4, -0.2) is 40.8 Å². The standard InChI is InChI=1S/C27H32O9/c1-5-8-18(28)21-23(27(33)35-15-16-11-13-17(34-4)14-12-16)22(19(29)9-6-2)26(25(32)24(21)31)36-20(30)10-7-3/h11-14,31-32H,5-10,15H2,1-4H3. The van der Waals surface area contributed by atoms with Crippen molar-refractivity contribution in [2.75, 3.05) is 7.11 Å². The van der Waals surface area contributed by atoms with E-state index in [0.29, 0.717) is 30.6 Å². The Labute approximate surface area is 210 Å². The minimum Gasteiger partial charge on any atom is -0.504 e. The summed E-state index contributed by atoms with van der Waals surface area (Å²) >= 11 is 0. The Morgan fingerprint density at radius 1 is 0.750 bits per heavy atom. The van der Waals surface area contributed by atoms with E-state index in [0.717, 1.165) is 0 Å². The molecule has 0 atom stereocenters. The summed E-state index contributed by atoms with van der Waals surface area (Å²) in [6, 6.07) is 6.69. The van der Waals surface area contributed by atoms with E-state index in [9.17, 15) is 29.4 Å². The molecule has 36 heavy (non-hydrogen) atoms.